The summed E-state index contributed by atoms with van der Waals surface area (Å²) in [5.74, 6) is 1.98. The molecule has 0 spiro atoms. The van der Waals surface area contributed by atoms with Gasteiger partial charge in [-0.1, -0.05) is 11.3 Å². The maximum absolute atomic E-state index is 11.8. The van der Waals surface area contributed by atoms with Crippen LogP contribution in [0.4, 0.5) is 5.13 Å². The van der Waals surface area contributed by atoms with Gasteiger partial charge in [-0.25, -0.2) is 4.98 Å². The average Bonchev–Trinajstić information content (AvgIpc) is 2.78. The van der Waals surface area contributed by atoms with Crippen molar-refractivity contribution < 1.29 is 9.59 Å². The Bertz CT molecular complexity index is 447. The van der Waals surface area contributed by atoms with Crippen molar-refractivity contribution in [2.75, 3.05) is 23.4 Å². The maximum atomic E-state index is 11.8. The molecule has 1 saturated heterocycles. The van der Waals surface area contributed by atoms with E-state index in [1.54, 1.807) is 0 Å². The summed E-state index contributed by atoms with van der Waals surface area (Å²) in [7, 11) is 0. The van der Waals surface area contributed by atoms with Crippen molar-refractivity contribution in [3.63, 3.8) is 0 Å². The number of hydrogen-bond donors (Lipinski definition) is 2. The molecule has 0 bridgehead atoms. The molecule has 0 aliphatic carbocycles. The Labute approximate surface area is 126 Å². The van der Waals surface area contributed by atoms with Crippen LogP contribution in [0.3, 0.4) is 0 Å². The molecule has 1 aliphatic heterocycles. The lowest BCUT2D eigenvalue weighted by Gasteiger charge is -2.22. The van der Waals surface area contributed by atoms with Crippen LogP contribution in [0.15, 0.2) is 6.20 Å². The Balaban J connectivity index is 0.00000180. The quantitative estimate of drug-likeness (QED) is 0.827. The highest BCUT2D eigenvalue weighted by molar-refractivity contribution is 7.99. The van der Waals surface area contributed by atoms with Crippen molar-refractivity contribution in [1.82, 2.24) is 10.3 Å². The van der Waals surface area contributed by atoms with Crippen LogP contribution in [-0.2, 0) is 4.79 Å². The number of hydrogen-bond acceptors (Lipinski definition) is 6. The number of rotatable bonds is 4. The van der Waals surface area contributed by atoms with Gasteiger partial charge in [-0.05, 0) is 0 Å². The summed E-state index contributed by atoms with van der Waals surface area (Å²) in [6, 6.07) is 0.232. The summed E-state index contributed by atoms with van der Waals surface area (Å²) < 4.78 is 0. The molecule has 106 valence electrons. The Morgan fingerprint density at radius 1 is 1.58 bits per heavy atom. The number of thiazole rings is 1. The first-order chi connectivity index (χ1) is 8.65. The summed E-state index contributed by atoms with van der Waals surface area (Å²) in [6.07, 6.45) is 1.94. The van der Waals surface area contributed by atoms with E-state index in [1.165, 1.54) is 24.5 Å². The molecular weight excluding hydrogens is 306 g/mol. The molecule has 8 heteroatoms. The molecular formula is C11H16ClN3O2S2. The van der Waals surface area contributed by atoms with Crippen molar-refractivity contribution in [3.05, 3.63) is 11.1 Å². The molecule has 1 unspecified atom stereocenters. The first-order valence-electron chi connectivity index (χ1n) is 5.73. The normalized spacial score (nSPS) is 18.5. The number of aromatic nitrogens is 1. The summed E-state index contributed by atoms with van der Waals surface area (Å²) in [5.41, 5.74) is 0. The predicted octanol–water partition coefficient (Wildman–Crippen LogP) is 1.80. The van der Waals surface area contributed by atoms with Crippen LogP contribution >= 0.6 is 35.5 Å². The molecule has 5 nitrogen and oxygen atoms in total. The minimum atomic E-state index is -0.0561. The number of halogens is 1. The molecule has 2 N–H and O–H groups in total. The minimum Gasteiger partial charge on any atom is -0.312 e. The molecule has 1 aliphatic rings. The third-order valence-corrected chi connectivity index (χ3v) is 4.67. The fraction of sp³-hybridized carbons (Fsp3) is 0.545. The summed E-state index contributed by atoms with van der Waals surface area (Å²) >= 11 is 3.07. The number of Topliss-reactive ketones (excluding diaryl/α,β-unsaturated/α-hetero) is 1. The maximum Gasteiger partial charge on any atom is 0.227 e. The van der Waals surface area contributed by atoms with E-state index in [9.17, 15) is 9.59 Å². The molecule has 1 amide bonds. The van der Waals surface area contributed by atoms with Gasteiger partial charge in [0, 0.05) is 37.4 Å². The van der Waals surface area contributed by atoms with E-state index >= 15 is 0 Å². The Kier molecular flexibility index (Phi) is 6.78. The fourth-order valence-electron chi connectivity index (χ4n) is 1.64. The van der Waals surface area contributed by atoms with Crippen LogP contribution in [0.1, 0.15) is 23.0 Å². The van der Waals surface area contributed by atoms with Gasteiger partial charge >= 0.3 is 0 Å². The summed E-state index contributed by atoms with van der Waals surface area (Å²) in [4.78, 5) is 27.5. The lowest BCUT2D eigenvalue weighted by atomic mass is 10.2. The van der Waals surface area contributed by atoms with Crippen LogP contribution in [0.5, 0.6) is 0 Å². The zero-order valence-electron chi connectivity index (χ0n) is 10.5. The number of anilines is 1. The predicted molar refractivity (Wildman–Crippen MR) is 81.7 cm³/mol. The molecule has 2 heterocycles. The van der Waals surface area contributed by atoms with Crippen molar-refractivity contribution in [2.45, 2.75) is 19.4 Å². The lowest BCUT2D eigenvalue weighted by Crippen LogP contribution is -2.39. The van der Waals surface area contributed by atoms with Crippen LogP contribution < -0.4 is 10.6 Å². The number of thioether (sulfide) groups is 1. The molecule has 19 heavy (non-hydrogen) atoms. The van der Waals surface area contributed by atoms with E-state index in [2.05, 4.69) is 15.6 Å². The summed E-state index contributed by atoms with van der Waals surface area (Å²) in [6.45, 7) is 2.44. The number of carbonyl (C=O) groups excluding carboxylic acids is 2. The number of nitrogens with zero attached hydrogens (tertiary/aromatic N) is 1. The molecule has 1 aromatic rings. The number of ketones is 1. The third kappa shape index (κ3) is 5.10. The first kappa shape index (κ1) is 16.4. The molecule has 0 saturated carbocycles. The largest absolute Gasteiger partial charge is 0.312 e. The van der Waals surface area contributed by atoms with E-state index in [1.807, 2.05) is 11.8 Å². The number of nitrogens with one attached hydrogen (secondary N) is 2. The van der Waals surface area contributed by atoms with Gasteiger partial charge in [0.15, 0.2) is 10.9 Å². The van der Waals surface area contributed by atoms with Gasteiger partial charge in [-0.15, -0.1) is 12.4 Å². The standard InChI is InChI=1S/C11H15N3O2S2.ClH/c1-7(15)9-5-13-11(18-9)14-10(16)4-8-6-17-3-2-12-8;/h5,8,12H,2-4,6H2,1H3,(H,13,14,16);1H. The molecule has 0 aromatic carbocycles. The fourth-order valence-corrected chi connectivity index (χ4v) is 3.32. The van der Waals surface area contributed by atoms with E-state index in [-0.39, 0.29) is 30.1 Å². The van der Waals surface area contributed by atoms with E-state index in [4.69, 9.17) is 0 Å². The highest BCUT2D eigenvalue weighted by atomic mass is 35.5. The van der Waals surface area contributed by atoms with Crippen molar-refractivity contribution >= 4 is 52.3 Å². The van der Waals surface area contributed by atoms with Crippen molar-refractivity contribution in [3.8, 4) is 0 Å². The number of amides is 1. The smallest absolute Gasteiger partial charge is 0.227 e. The van der Waals surface area contributed by atoms with Gasteiger partial charge in [0.1, 0.15) is 0 Å². The van der Waals surface area contributed by atoms with Gasteiger partial charge in [-0.2, -0.15) is 11.8 Å². The third-order valence-electron chi connectivity index (χ3n) is 2.53. The van der Waals surface area contributed by atoms with E-state index in [0.29, 0.717) is 16.4 Å². The second-order valence-corrected chi connectivity index (χ2v) is 6.24. The Morgan fingerprint density at radius 3 is 2.95 bits per heavy atom. The SMILES string of the molecule is CC(=O)c1cnc(NC(=O)CC2CSCCN2)s1.Cl. The zero-order valence-corrected chi connectivity index (χ0v) is 12.9. The van der Waals surface area contributed by atoms with Crippen molar-refractivity contribution in [2.24, 2.45) is 0 Å². The molecule has 0 radical (unpaired) electrons. The Hall–Kier alpha value is -0.630. The van der Waals surface area contributed by atoms with Gasteiger partial charge in [0.2, 0.25) is 5.91 Å². The average molecular weight is 322 g/mol. The summed E-state index contributed by atoms with van der Waals surface area (Å²) in [5, 5.41) is 6.53. The highest BCUT2D eigenvalue weighted by Gasteiger charge is 2.17. The second kappa shape index (κ2) is 7.84. The topological polar surface area (TPSA) is 71.1 Å². The van der Waals surface area contributed by atoms with Crippen LogP contribution in [-0.4, -0.2) is 40.8 Å². The lowest BCUT2D eigenvalue weighted by molar-refractivity contribution is -0.116. The van der Waals surface area contributed by atoms with E-state index < -0.39 is 0 Å². The van der Waals surface area contributed by atoms with Crippen molar-refractivity contribution in [1.29, 1.82) is 0 Å². The van der Waals surface area contributed by atoms with Crippen LogP contribution in [0.25, 0.3) is 0 Å². The molecule has 2 rings (SSSR count). The van der Waals surface area contributed by atoms with Crippen LogP contribution in [0.2, 0.25) is 0 Å². The highest BCUT2D eigenvalue weighted by Crippen LogP contribution is 2.19. The van der Waals surface area contributed by atoms with Gasteiger partial charge in [0.25, 0.3) is 0 Å². The minimum absolute atomic E-state index is 0. The Morgan fingerprint density at radius 2 is 2.37 bits per heavy atom. The van der Waals surface area contributed by atoms with Gasteiger partial charge < -0.3 is 10.6 Å². The van der Waals surface area contributed by atoms with E-state index in [0.717, 1.165) is 18.1 Å². The monoisotopic (exact) mass is 321 g/mol. The molecule has 1 aromatic heterocycles. The zero-order chi connectivity index (χ0) is 13.0. The molecule has 1 fully saturated rings. The molecule has 1 atom stereocenters. The first-order valence-corrected chi connectivity index (χ1v) is 7.70. The second-order valence-electron chi connectivity index (χ2n) is 4.06. The van der Waals surface area contributed by atoms with Gasteiger partial charge in [0.05, 0.1) is 11.1 Å². The van der Waals surface area contributed by atoms with Crippen LogP contribution in [0, 0.1) is 0 Å². The van der Waals surface area contributed by atoms with Gasteiger partial charge in [-0.3, -0.25) is 9.59 Å². The number of carbonyl (C=O) groups is 2.